The molecule has 1 unspecified atom stereocenters. The van der Waals surface area contributed by atoms with Crippen molar-refractivity contribution in [1.29, 1.82) is 0 Å². The van der Waals surface area contributed by atoms with Crippen LogP contribution in [0.1, 0.15) is 41.5 Å². The van der Waals surface area contributed by atoms with Crippen molar-refractivity contribution in [1.82, 2.24) is 0 Å². The molecule has 0 bridgehead atoms. The molecular weight excluding hydrogens is 227 g/mol. The fraction of sp³-hybridized carbons (Fsp3) is 0.400. The van der Waals surface area contributed by atoms with E-state index in [0.29, 0.717) is 5.57 Å². The summed E-state index contributed by atoms with van der Waals surface area (Å²) >= 11 is 0. The number of carbonyl (C=O) groups is 1. The minimum Gasteiger partial charge on any atom is -0.289 e. The second-order valence-corrected chi connectivity index (χ2v) is 3.52. The molecule has 1 atom stereocenters. The van der Waals surface area contributed by atoms with Crippen molar-refractivity contribution in [2.75, 3.05) is 0 Å². The molecule has 0 aromatic carbocycles. The lowest BCUT2D eigenvalue weighted by Gasteiger charge is -1.95. The first-order valence-electron chi connectivity index (χ1n) is 6.05. The van der Waals surface area contributed by atoms with E-state index in [4.69, 9.17) is 0 Å². The van der Waals surface area contributed by atoms with Crippen LogP contribution in [0.2, 0.25) is 0 Å². The maximum Gasteiger partial charge on any atom is 0.186 e. The van der Waals surface area contributed by atoms with Crippen LogP contribution in [0.15, 0.2) is 47.8 Å². The van der Waals surface area contributed by atoms with Crippen LogP contribution in [-0.4, -0.2) is 5.78 Å². The largest absolute Gasteiger partial charge is 0.289 e. The van der Waals surface area contributed by atoms with Crippen molar-refractivity contribution in [3.63, 3.8) is 0 Å². The van der Waals surface area contributed by atoms with Gasteiger partial charge in [-0.25, -0.2) is 0 Å². The molecule has 0 aliphatic heterocycles. The number of ketones is 1. The summed E-state index contributed by atoms with van der Waals surface area (Å²) in [5.41, 5.74) is 0.652. The number of carbonyl (C=O) groups excluding carboxylic acids is 1. The molecule has 0 saturated carbocycles. The molecule has 0 radical (unpaired) electrons. The normalized spacial score (nSPS) is 11.0. The van der Waals surface area contributed by atoms with Crippen molar-refractivity contribution in [3.8, 4) is 0 Å². The third-order valence-electron chi connectivity index (χ3n) is 1.29. The van der Waals surface area contributed by atoms with E-state index in [0.717, 1.165) is 5.31 Å². The molecule has 98 valence electrons. The fourth-order valence-corrected chi connectivity index (χ4v) is 0.968. The zero-order valence-corrected chi connectivity index (χ0v) is 13.2. The van der Waals surface area contributed by atoms with Gasteiger partial charge in [0.05, 0.1) is 0 Å². The van der Waals surface area contributed by atoms with Crippen LogP contribution in [0.25, 0.3) is 0 Å². The maximum atomic E-state index is 11.5. The van der Waals surface area contributed by atoms with E-state index >= 15 is 0 Å². The van der Waals surface area contributed by atoms with Gasteiger partial charge in [-0.1, -0.05) is 63.9 Å². The SMILES string of the molecule is C=C/C=C(\C=C/C)C(=O)/C=C(/C)P.CC.CC. The average Bonchev–Trinajstić information content (AvgIpc) is 2.33. The lowest BCUT2D eigenvalue weighted by atomic mass is 10.1. The van der Waals surface area contributed by atoms with E-state index in [1.54, 1.807) is 24.3 Å². The van der Waals surface area contributed by atoms with E-state index in [1.807, 2.05) is 47.6 Å². The summed E-state index contributed by atoms with van der Waals surface area (Å²) in [7, 11) is 2.48. The Morgan fingerprint density at radius 2 is 1.65 bits per heavy atom. The maximum absolute atomic E-state index is 11.5. The smallest absolute Gasteiger partial charge is 0.186 e. The Morgan fingerprint density at radius 1 is 1.18 bits per heavy atom. The Morgan fingerprint density at radius 3 is 1.94 bits per heavy atom. The third kappa shape index (κ3) is 15.1. The molecule has 1 nitrogen and oxygen atoms in total. The second kappa shape index (κ2) is 17.5. The van der Waals surface area contributed by atoms with Crippen LogP contribution < -0.4 is 0 Å². The summed E-state index contributed by atoms with van der Waals surface area (Å²) in [6.45, 7) is 15.3. The minimum absolute atomic E-state index is 0.00509. The van der Waals surface area contributed by atoms with E-state index < -0.39 is 0 Å². The van der Waals surface area contributed by atoms with Gasteiger partial charge in [0.15, 0.2) is 5.78 Å². The molecule has 0 saturated heterocycles. The van der Waals surface area contributed by atoms with Gasteiger partial charge in [-0.15, -0.1) is 9.24 Å². The molecule has 2 heteroatoms. The molecular formula is C15H27OP. The quantitative estimate of drug-likeness (QED) is 0.388. The Labute approximate surface area is 110 Å². The first-order chi connectivity index (χ1) is 8.11. The van der Waals surface area contributed by atoms with Gasteiger partial charge >= 0.3 is 0 Å². The highest BCUT2D eigenvalue weighted by molar-refractivity contribution is 7.22. The standard InChI is InChI=1S/C11H15OP.2C2H6/c1-4-6-10(7-5-2)11(12)8-9(3)13;2*1-2/h4-8H,1,13H2,2-3H3;2*1-2H3/b7-5-,9-8-,10-6+;;. The van der Waals surface area contributed by atoms with E-state index in [1.165, 1.54) is 0 Å². The van der Waals surface area contributed by atoms with Gasteiger partial charge in [0.1, 0.15) is 0 Å². The monoisotopic (exact) mass is 254 g/mol. The van der Waals surface area contributed by atoms with Gasteiger partial charge in [-0.05, 0) is 19.9 Å². The van der Waals surface area contributed by atoms with E-state index in [2.05, 4.69) is 15.8 Å². The molecule has 0 aromatic rings. The first kappa shape index (κ1) is 21.4. The predicted molar refractivity (Wildman–Crippen MR) is 84.3 cm³/mol. The van der Waals surface area contributed by atoms with Gasteiger partial charge in [0, 0.05) is 5.57 Å². The topological polar surface area (TPSA) is 17.1 Å². The number of rotatable bonds is 4. The first-order valence-corrected chi connectivity index (χ1v) is 6.63. The van der Waals surface area contributed by atoms with E-state index in [9.17, 15) is 4.79 Å². The van der Waals surface area contributed by atoms with Crippen LogP contribution in [-0.2, 0) is 4.79 Å². The highest BCUT2D eigenvalue weighted by atomic mass is 31.0. The third-order valence-corrected chi connectivity index (χ3v) is 1.45. The molecule has 0 rings (SSSR count). The van der Waals surface area contributed by atoms with Crippen LogP contribution in [0, 0.1) is 0 Å². The Balaban J connectivity index is -0.000000439. The van der Waals surface area contributed by atoms with Crippen LogP contribution in [0.4, 0.5) is 0 Å². The lowest BCUT2D eigenvalue weighted by Crippen LogP contribution is -1.95. The summed E-state index contributed by atoms with van der Waals surface area (Å²) in [6.07, 6.45) is 8.50. The molecule has 0 aliphatic rings. The van der Waals surface area contributed by atoms with Crippen LogP contribution >= 0.6 is 9.24 Å². The van der Waals surface area contributed by atoms with Gasteiger partial charge < -0.3 is 0 Å². The van der Waals surface area contributed by atoms with Crippen molar-refractivity contribution < 1.29 is 4.79 Å². The van der Waals surface area contributed by atoms with Crippen LogP contribution in [0.5, 0.6) is 0 Å². The molecule has 0 amide bonds. The number of hydrogen-bond acceptors (Lipinski definition) is 1. The number of hydrogen-bond donors (Lipinski definition) is 0. The molecule has 0 heterocycles. The lowest BCUT2D eigenvalue weighted by molar-refractivity contribution is -0.111. The van der Waals surface area contributed by atoms with Gasteiger partial charge in [0.2, 0.25) is 0 Å². The Hall–Kier alpha value is -0.940. The minimum atomic E-state index is 0.00509. The Bertz CT molecular complexity index is 279. The number of allylic oxidation sites excluding steroid dienone is 7. The van der Waals surface area contributed by atoms with Crippen molar-refractivity contribution in [2.24, 2.45) is 0 Å². The van der Waals surface area contributed by atoms with Gasteiger partial charge in [-0.2, -0.15) is 0 Å². The highest BCUT2D eigenvalue weighted by Gasteiger charge is 2.00. The summed E-state index contributed by atoms with van der Waals surface area (Å²) in [4.78, 5) is 11.5. The molecule has 0 aliphatic carbocycles. The zero-order valence-electron chi connectivity index (χ0n) is 12.1. The van der Waals surface area contributed by atoms with Gasteiger partial charge in [-0.3, -0.25) is 4.79 Å². The summed E-state index contributed by atoms with van der Waals surface area (Å²) in [5, 5.41) is 0.921. The second-order valence-electron chi connectivity index (χ2n) is 2.61. The molecule has 0 N–H and O–H groups in total. The van der Waals surface area contributed by atoms with Crippen molar-refractivity contribution in [3.05, 3.63) is 47.8 Å². The summed E-state index contributed by atoms with van der Waals surface area (Å²) < 4.78 is 0. The average molecular weight is 254 g/mol. The van der Waals surface area contributed by atoms with Crippen molar-refractivity contribution >= 4 is 15.0 Å². The molecule has 17 heavy (non-hydrogen) atoms. The predicted octanol–water partition coefficient (Wildman–Crippen LogP) is 5.08. The summed E-state index contributed by atoms with van der Waals surface area (Å²) in [6, 6.07) is 0. The van der Waals surface area contributed by atoms with E-state index in [-0.39, 0.29) is 5.78 Å². The van der Waals surface area contributed by atoms with Crippen molar-refractivity contribution in [2.45, 2.75) is 41.5 Å². The zero-order chi connectivity index (χ0) is 14.3. The fourth-order valence-electron chi connectivity index (χ4n) is 0.816. The molecule has 0 aromatic heterocycles. The highest BCUT2D eigenvalue weighted by Crippen LogP contribution is 2.07. The summed E-state index contributed by atoms with van der Waals surface area (Å²) in [5.74, 6) is 0.00509. The van der Waals surface area contributed by atoms with Crippen LogP contribution in [0.3, 0.4) is 0 Å². The van der Waals surface area contributed by atoms with Gasteiger partial charge in [0.25, 0.3) is 0 Å². The Kier molecular flexibility index (Phi) is 21.9. The molecule has 0 spiro atoms. The molecule has 0 fully saturated rings.